The summed E-state index contributed by atoms with van der Waals surface area (Å²) < 4.78 is 5.48. The Labute approximate surface area is 109 Å². The van der Waals surface area contributed by atoms with Crippen LogP contribution >= 0.6 is 0 Å². The lowest BCUT2D eigenvalue weighted by atomic mass is 10.00. The Morgan fingerprint density at radius 2 is 2.17 bits per heavy atom. The molecule has 0 aromatic heterocycles. The first-order valence-corrected chi connectivity index (χ1v) is 6.15. The van der Waals surface area contributed by atoms with Gasteiger partial charge in [0.1, 0.15) is 12.4 Å². The molecular formula is C15H21NO2. The molecule has 1 rings (SSSR count). The summed E-state index contributed by atoms with van der Waals surface area (Å²) in [5.74, 6) is 3.25. The summed E-state index contributed by atoms with van der Waals surface area (Å²) in [6.07, 6.45) is 6.05. The Morgan fingerprint density at radius 3 is 2.78 bits per heavy atom. The van der Waals surface area contributed by atoms with Gasteiger partial charge in [-0.25, -0.2) is 0 Å². The molecule has 3 nitrogen and oxygen atoms in total. The standard InChI is InChI=1S/C15H21NO2/c1-4-10-18-14-9-7-6-8-13(14)11-16-15(3,5-2)12-17/h1,6-9,16-17H,5,10-12H2,2-3H3. The highest BCUT2D eigenvalue weighted by molar-refractivity contribution is 5.33. The normalized spacial score (nSPS) is 13.7. The Morgan fingerprint density at radius 1 is 1.44 bits per heavy atom. The number of rotatable bonds is 7. The third-order valence-electron chi connectivity index (χ3n) is 3.12. The van der Waals surface area contributed by atoms with Gasteiger partial charge in [-0.2, -0.15) is 0 Å². The van der Waals surface area contributed by atoms with E-state index >= 15 is 0 Å². The highest BCUT2D eigenvalue weighted by Crippen LogP contribution is 2.19. The maximum Gasteiger partial charge on any atom is 0.148 e. The van der Waals surface area contributed by atoms with Crippen LogP contribution in [0.4, 0.5) is 0 Å². The first-order chi connectivity index (χ1) is 8.65. The Hall–Kier alpha value is -1.50. The number of hydrogen-bond acceptors (Lipinski definition) is 3. The molecule has 0 bridgehead atoms. The van der Waals surface area contributed by atoms with Crippen LogP contribution in [0, 0.1) is 12.3 Å². The van der Waals surface area contributed by atoms with Crippen molar-refractivity contribution in [2.24, 2.45) is 0 Å². The van der Waals surface area contributed by atoms with E-state index in [2.05, 4.69) is 11.2 Å². The van der Waals surface area contributed by atoms with Crippen LogP contribution in [0.15, 0.2) is 24.3 Å². The number of hydrogen-bond donors (Lipinski definition) is 2. The maximum atomic E-state index is 9.35. The fraction of sp³-hybridized carbons (Fsp3) is 0.467. The monoisotopic (exact) mass is 247 g/mol. The lowest BCUT2D eigenvalue weighted by Gasteiger charge is -2.27. The molecule has 0 fully saturated rings. The van der Waals surface area contributed by atoms with Crippen molar-refractivity contribution in [3.05, 3.63) is 29.8 Å². The van der Waals surface area contributed by atoms with Gasteiger partial charge in [-0.05, 0) is 19.4 Å². The van der Waals surface area contributed by atoms with E-state index in [1.54, 1.807) is 0 Å². The predicted molar refractivity (Wildman–Crippen MR) is 73.4 cm³/mol. The van der Waals surface area contributed by atoms with Gasteiger partial charge < -0.3 is 15.2 Å². The molecule has 0 aliphatic heterocycles. The molecule has 0 amide bonds. The van der Waals surface area contributed by atoms with Gasteiger partial charge in [-0.15, -0.1) is 6.42 Å². The van der Waals surface area contributed by atoms with Crippen molar-refractivity contribution >= 4 is 0 Å². The lowest BCUT2D eigenvalue weighted by molar-refractivity contribution is 0.168. The van der Waals surface area contributed by atoms with Crippen LogP contribution in [0.1, 0.15) is 25.8 Å². The Balaban J connectivity index is 2.69. The fourth-order valence-electron chi connectivity index (χ4n) is 1.51. The molecule has 0 aliphatic rings. The summed E-state index contributed by atoms with van der Waals surface area (Å²) in [7, 11) is 0. The highest BCUT2D eigenvalue weighted by atomic mass is 16.5. The second-order valence-electron chi connectivity index (χ2n) is 4.53. The van der Waals surface area contributed by atoms with E-state index in [0.29, 0.717) is 6.54 Å². The molecule has 18 heavy (non-hydrogen) atoms. The molecule has 1 aromatic rings. The Bertz CT molecular complexity index is 405. The average Bonchev–Trinajstić information content (AvgIpc) is 2.43. The minimum absolute atomic E-state index is 0.108. The van der Waals surface area contributed by atoms with Gasteiger partial charge in [-0.3, -0.25) is 0 Å². The lowest BCUT2D eigenvalue weighted by Crippen LogP contribution is -2.44. The van der Waals surface area contributed by atoms with E-state index in [4.69, 9.17) is 11.2 Å². The second-order valence-corrected chi connectivity index (χ2v) is 4.53. The van der Waals surface area contributed by atoms with Gasteiger partial charge in [-0.1, -0.05) is 31.0 Å². The van der Waals surface area contributed by atoms with E-state index in [0.717, 1.165) is 17.7 Å². The minimum atomic E-state index is -0.265. The van der Waals surface area contributed by atoms with Crippen molar-refractivity contribution in [2.75, 3.05) is 13.2 Å². The molecule has 0 spiro atoms. The summed E-state index contributed by atoms with van der Waals surface area (Å²) in [6.45, 7) is 5.06. The van der Waals surface area contributed by atoms with Crippen LogP contribution in [-0.2, 0) is 6.54 Å². The summed E-state index contributed by atoms with van der Waals surface area (Å²) in [5.41, 5.74) is 0.778. The van der Waals surface area contributed by atoms with Crippen LogP contribution in [0.2, 0.25) is 0 Å². The molecule has 3 heteroatoms. The number of aliphatic hydroxyl groups is 1. The molecule has 1 atom stereocenters. The van der Waals surface area contributed by atoms with E-state index in [1.165, 1.54) is 0 Å². The SMILES string of the molecule is C#CCOc1ccccc1CNC(C)(CC)CO. The molecule has 0 saturated heterocycles. The third-order valence-corrected chi connectivity index (χ3v) is 3.12. The van der Waals surface area contributed by atoms with Crippen molar-refractivity contribution < 1.29 is 9.84 Å². The van der Waals surface area contributed by atoms with Gasteiger partial charge in [0.25, 0.3) is 0 Å². The molecule has 0 saturated carbocycles. The fourth-order valence-corrected chi connectivity index (χ4v) is 1.51. The maximum absolute atomic E-state index is 9.35. The zero-order chi connectivity index (χ0) is 13.4. The van der Waals surface area contributed by atoms with Crippen molar-refractivity contribution in [3.63, 3.8) is 0 Å². The van der Waals surface area contributed by atoms with Crippen molar-refractivity contribution in [1.29, 1.82) is 0 Å². The second kappa shape index (κ2) is 7.05. The molecule has 0 heterocycles. The summed E-state index contributed by atoms with van der Waals surface area (Å²) in [5, 5.41) is 12.7. The average molecular weight is 247 g/mol. The predicted octanol–water partition coefficient (Wildman–Crippen LogP) is 1.95. The quantitative estimate of drug-likeness (QED) is 0.724. The number of benzene rings is 1. The molecular weight excluding hydrogens is 226 g/mol. The minimum Gasteiger partial charge on any atom is -0.481 e. The summed E-state index contributed by atoms with van der Waals surface area (Å²) in [6, 6.07) is 7.77. The topological polar surface area (TPSA) is 41.5 Å². The highest BCUT2D eigenvalue weighted by Gasteiger charge is 2.20. The zero-order valence-corrected chi connectivity index (χ0v) is 11.1. The van der Waals surface area contributed by atoms with E-state index in [1.807, 2.05) is 38.1 Å². The zero-order valence-electron chi connectivity index (χ0n) is 11.1. The molecule has 1 unspecified atom stereocenters. The van der Waals surface area contributed by atoms with Crippen molar-refractivity contribution in [3.8, 4) is 18.1 Å². The number of aliphatic hydroxyl groups excluding tert-OH is 1. The molecule has 0 radical (unpaired) electrons. The van der Waals surface area contributed by atoms with Gasteiger partial charge in [0.15, 0.2) is 0 Å². The van der Waals surface area contributed by atoms with Gasteiger partial charge >= 0.3 is 0 Å². The summed E-state index contributed by atoms with van der Waals surface area (Å²) >= 11 is 0. The van der Waals surface area contributed by atoms with Gasteiger partial charge in [0.2, 0.25) is 0 Å². The van der Waals surface area contributed by atoms with Crippen molar-refractivity contribution in [2.45, 2.75) is 32.4 Å². The van der Waals surface area contributed by atoms with Crippen LogP contribution in [0.5, 0.6) is 5.75 Å². The molecule has 2 N–H and O–H groups in total. The van der Waals surface area contributed by atoms with E-state index in [-0.39, 0.29) is 18.8 Å². The number of terminal acetylenes is 1. The van der Waals surface area contributed by atoms with Gasteiger partial charge in [0, 0.05) is 17.6 Å². The Kier molecular flexibility index (Phi) is 5.70. The van der Waals surface area contributed by atoms with Crippen molar-refractivity contribution in [1.82, 2.24) is 5.32 Å². The summed E-state index contributed by atoms with van der Waals surface area (Å²) in [4.78, 5) is 0. The number of para-hydroxylation sites is 1. The van der Waals surface area contributed by atoms with Gasteiger partial charge in [0.05, 0.1) is 6.61 Å². The molecule has 1 aromatic carbocycles. The van der Waals surface area contributed by atoms with Crippen LogP contribution < -0.4 is 10.1 Å². The number of nitrogens with one attached hydrogen (secondary N) is 1. The number of ether oxygens (including phenoxy) is 1. The van der Waals surface area contributed by atoms with Crippen LogP contribution in [0.25, 0.3) is 0 Å². The largest absolute Gasteiger partial charge is 0.481 e. The first kappa shape index (κ1) is 14.6. The van der Waals surface area contributed by atoms with Crippen LogP contribution in [0.3, 0.4) is 0 Å². The first-order valence-electron chi connectivity index (χ1n) is 6.15. The molecule has 98 valence electrons. The molecule has 0 aliphatic carbocycles. The third kappa shape index (κ3) is 4.06. The van der Waals surface area contributed by atoms with E-state index < -0.39 is 0 Å². The van der Waals surface area contributed by atoms with E-state index in [9.17, 15) is 5.11 Å². The smallest absolute Gasteiger partial charge is 0.148 e. The van der Waals surface area contributed by atoms with Crippen LogP contribution in [-0.4, -0.2) is 23.9 Å².